The summed E-state index contributed by atoms with van der Waals surface area (Å²) in [5, 5.41) is 3.27. The molecule has 2 atom stereocenters. The third-order valence-corrected chi connectivity index (χ3v) is 5.65. The molecule has 0 bridgehead atoms. The predicted molar refractivity (Wildman–Crippen MR) is 62.5 cm³/mol. The number of nitrogens with one attached hydrogen (secondary N) is 1. The molecule has 3 aliphatic heterocycles. The van der Waals surface area contributed by atoms with Crippen molar-refractivity contribution >= 4 is 15.9 Å². The third kappa shape index (κ3) is 1.91. The van der Waals surface area contributed by atoms with Crippen LogP contribution in [-0.4, -0.2) is 74.0 Å². The monoisotopic (exact) mass is 259 g/mol. The van der Waals surface area contributed by atoms with Crippen LogP contribution < -0.4 is 5.32 Å². The van der Waals surface area contributed by atoms with E-state index in [-0.39, 0.29) is 29.6 Å². The van der Waals surface area contributed by atoms with Gasteiger partial charge in [0, 0.05) is 32.2 Å². The molecule has 0 aromatic rings. The Balaban J connectivity index is 1.75. The molecule has 17 heavy (non-hydrogen) atoms. The van der Waals surface area contributed by atoms with Crippen LogP contribution in [0.5, 0.6) is 0 Å². The first-order chi connectivity index (χ1) is 8.07. The van der Waals surface area contributed by atoms with E-state index in [9.17, 15) is 13.2 Å². The number of rotatable bonds is 1. The van der Waals surface area contributed by atoms with Gasteiger partial charge in [-0.05, 0) is 6.42 Å². The van der Waals surface area contributed by atoms with Crippen LogP contribution in [0, 0.1) is 0 Å². The first-order valence-corrected chi connectivity index (χ1v) is 7.87. The van der Waals surface area contributed by atoms with Crippen LogP contribution in [0.25, 0.3) is 0 Å². The highest BCUT2D eigenvalue weighted by molar-refractivity contribution is 7.91. The zero-order valence-corrected chi connectivity index (χ0v) is 10.4. The molecule has 0 aromatic carbocycles. The lowest BCUT2D eigenvalue weighted by atomic mass is 10.2. The second kappa shape index (κ2) is 3.84. The van der Waals surface area contributed by atoms with Crippen LogP contribution in [-0.2, 0) is 9.84 Å². The maximum absolute atomic E-state index is 12.2. The van der Waals surface area contributed by atoms with Gasteiger partial charge < -0.3 is 15.1 Å². The summed E-state index contributed by atoms with van der Waals surface area (Å²) in [6.45, 7) is 3.06. The van der Waals surface area contributed by atoms with Gasteiger partial charge in [-0.15, -0.1) is 0 Å². The van der Waals surface area contributed by atoms with Gasteiger partial charge in [0.1, 0.15) is 0 Å². The van der Waals surface area contributed by atoms with E-state index in [4.69, 9.17) is 0 Å². The summed E-state index contributed by atoms with van der Waals surface area (Å²) in [6, 6.07) is 0.149. The number of amides is 2. The zero-order valence-electron chi connectivity index (χ0n) is 9.63. The molecule has 3 rings (SSSR count). The Morgan fingerprint density at radius 1 is 1.24 bits per heavy atom. The highest BCUT2D eigenvalue weighted by Gasteiger charge is 2.44. The van der Waals surface area contributed by atoms with Gasteiger partial charge in [0.2, 0.25) is 0 Å². The lowest BCUT2D eigenvalue weighted by Crippen LogP contribution is -2.50. The minimum Gasteiger partial charge on any atom is -0.318 e. The topological polar surface area (TPSA) is 69.7 Å². The third-order valence-electron chi connectivity index (χ3n) is 3.90. The van der Waals surface area contributed by atoms with Crippen molar-refractivity contribution in [3.05, 3.63) is 0 Å². The van der Waals surface area contributed by atoms with Gasteiger partial charge in [0.05, 0.1) is 17.5 Å². The molecule has 1 N–H and O–H groups in total. The molecule has 3 aliphatic rings. The van der Waals surface area contributed by atoms with E-state index < -0.39 is 9.84 Å². The van der Waals surface area contributed by atoms with Crippen molar-refractivity contribution in [2.45, 2.75) is 18.5 Å². The first kappa shape index (κ1) is 11.3. The first-order valence-electron chi connectivity index (χ1n) is 6.05. The molecule has 2 unspecified atom stereocenters. The molecule has 0 aromatic heterocycles. The Labute approximate surface area is 101 Å². The van der Waals surface area contributed by atoms with Gasteiger partial charge in [-0.2, -0.15) is 0 Å². The maximum atomic E-state index is 12.2. The van der Waals surface area contributed by atoms with E-state index in [1.54, 1.807) is 4.90 Å². The van der Waals surface area contributed by atoms with Crippen molar-refractivity contribution in [2.24, 2.45) is 0 Å². The second-order valence-corrected chi connectivity index (χ2v) is 7.27. The van der Waals surface area contributed by atoms with Crippen molar-refractivity contribution in [1.29, 1.82) is 0 Å². The molecular formula is C10H17N3O3S. The Kier molecular flexibility index (Phi) is 2.55. The second-order valence-electron chi connectivity index (χ2n) is 5.04. The minimum absolute atomic E-state index is 0.0265. The number of nitrogens with zero attached hydrogens (tertiary/aromatic N) is 2. The standard InChI is InChI=1S/C10H17N3O3S/c14-10-12-3-2-11-5-9(12)6-13(10)8-1-4-17(15,16)7-8/h8-9,11H,1-7H2. The molecule has 3 saturated heterocycles. The Morgan fingerprint density at radius 3 is 2.71 bits per heavy atom. The van der Waals surface area contributed by atoms with Crippen LogP contribution >= 0.6 is 0 Å². The van der Waals surface area contributed by atoms with Crippen LogP contribution in [0.2, 0.25) is 0 Å². The molecule has 7 heteroatoms. The van der Waals surface area contributed by atoms with Gasteiger partial charge in [-0.3, -0.25) is 0 Å². The molecule has 2 amide bonds. The summed E-state index contributed by atoms with van der Waals surface area (Å²) in [5.41, 5.74) is 0. The van der Waals surface area contributed by atoms with Gasteiger partial charge in [-0.25, -0.2) is 13.2 Å². The molecule has 6 nitrogen and oxygen atoms in total. The fraction of sp³-hybridized carbons (Fsp3) is 0.900. The minimum atomic E-state index is -2.92. The molecule has 3 heterocycles. The number of hydrogen-bond acceptors (Lipinski definition) is 4. The smallest absolute Gasteiger partial charge is 0.318 e. The number of sulfone groups is 1. The lowest BCUT2D eigenvalue weighted by molar-refractivity contribution is 0.172. The fourth-order valence-electron chi connectivity index (χ4n) is 2.97. The summed E-state index contributed by atoms with van der Waals surface area (Å²) in [5.74, 6) is 0.372. The number of piperazine rings is 1. The van der Waals surface area contributed by atoms with E-state index in [2.05, 4.69) is 5.32 Å². The number of carbonyl (C=O) groups is 1. The summed E-state index contributed by atoms with van der Waals surface area (Å²) < 4.78 is 22.9. The highest BCUT2D eigenvalue weighted by Crippen LogP contribution is 2.25. The highest BCUT2D eigenvalue weighted by atomic mass is 32.2. The predicted octanol–water partition coefficient (Wildman–Crippen LogP) is -1.12. The van der Waals surface area contributed by atoms with Gasteiger partial charge >= 0.3 is 6.03 Å². The number of urea groups is 1. The maximum Gasteiger partial charge on any atom is 0.320 e. The van der Waals surface area contributed by atoms with Gasteiger partial charge in [0.15, 0.2) is 9.84 Å². The van der Waals surface area contributed by atoms with Gasteiger partial charge in [0.25, 0.3) is 0 Å². The van der Waals surface area contributed by atoms with Crippen LogP contribution in [0.4, 0.5) is 4.79 Å². The molecule has 96 valence electrons. The van der Waals surface area contributed by atoms with Crippen LogP contribution in [0.3, 0.4) is 0 Å². The summed E-state index contributed by atoms with van der Waals surface area (Å²) in [7, 11) is -2.92. The van der Waals surface area contributed by atoms with Crippen LogP contribution in [0.15, 0.2) is 0 Å². The normalized spacial score (nSPS) is 36.4. The Bertz CT molecular complexity index is 436. The van der Waals surface area contributed by atoms with Crippen molar-refractivity contribution in [1.82, 2.24) is 15.1 Å². The number of carbonyl (C=O) groups excluding carboxylic acids is 1. The largest absolute Gasteiger partial charge is 0.320 e. The van der Waals surface area contributed by atoms with E-state index in [0.717, 1.165) is 19.6 Å². The van der Waals surface area contributed by atoms with Crippen LogP contribution in [0.1, 0.15) is 6.42 Å². The lowest BCUT2D eigenvalue weighted by Gasteiger charge is -2.28. The average Bonchev–Trinajstić information content (AvgIpc) is 2.81. The van der Waals surface area contributed by atoms with Crippen molar-refractivity contribution in [3.8, 4) is 0 Å². The quantitative estimate of drug-likeness (QED) is 0.648. The zero-order chi connectivity index (χ0) is 12.0. The summed E-state index contributed by atoms with van der Waals surface area (Å²) >= 11 is 0. The average molecular weight is 259 g/mol. The van der Waals surface area contributed by atoms with E-state index in [1.165, 1.54) is 0 Å². The van der Waals surface area contributed by atoms with Crippen molar-refractivity contribution in [2.75, 3.05) is 37.7 Å². The summed E-state index contributed by atoms with van der Waals surface area (Å²) in [6.07, 6.45) is 0.599. The Hall–Kier alpha value is -0.820. The fourth-order valence-corrected chi connectivity index (χ4v) is 4.70. The molecule has 3 fully saturated rings. The van der Waals surface area contributed by atoms with E-state index in [1.807, 2.05) is 4.90 Å². The molecule has 0 aliphatic carbocycles. The van der Waals surface area contributed by atoms with E-state index in [0.29, 0.717) is 13.0 Å². The molecule has 0 radical (unpaired) electrons. The van der Waals surface area contributed by atoms with Crippen molar-refractivity contribution in [3.63, 3.8) is 0 Å². The summed E-state index contributed by atoms with van der Waals surface area (Å²) in [4.78, 5) is 15.8. The van der Waals surface area contributed by atoms with Crippen molar-refractivity contribution < 1.29 is 13.2 Å². The molecular weight excluding hydrogens is 242 g/mol. The number of hydrogen-bond donors (Lipinski definition) is 1. The van der Waals surface area contributed by atoms with E-state index >= 15 is 0 Å². The van der Waals surface area contributed by atoms with Gasteiger partial charge in [-0.1, -0.05) is 0 Å². The molecule has 0 saturated carbocycles. The molecule has 0 spiro atoms. The SMILES string of the molecule is O=C1N2CCNCC2CN1C1CCS(=O)(=O)C1. The Morgan fingerprint density at radius 2 is 2.06 bits per heavy atom. The number of fused-ring (bicyclic) bond motifs is 1.